The summed E-state index contributed by atoms with van der Waals surface area (Å²) in [4.78, 5) is 0. The normalized spacial score (nSPS) is 10.4. The van der Waals surface area contributed by atoms with E-state index in [1.807, 2.05) is 6.08 Å². The molecule has 0 radical (unpaired) electrons. The molecule has 0 aromatic carbocycles. The van der Waals surface area contributed by atoms with Gasteiger partial charge in [0.25, 0.3) is 0 Å². The van der Waals surface area contributed by atoms with Gasteiger partial charge in [0, 0.05) is 0 Å². The first-order valence-electron chi connectivity index (χ1n) is 2.73. The van der Waals surface area contributed by atoms with Gasteiger partial charge in [0.1, 0.15) is 0 Å². The van der Waals surface area contributed by atoms with E-state index in [9.17, 15) is 0 Å². The summed E-state index contributed by atoms with van der Waals surface area (Å²) in [7, 11) is 1.15. The molecule has 0 aromatic heterocycles. The van der Waals surface area contributed by atoms with Crippen LogP contribution in [0.1, 0.15) is 13.3 Å². The lowest BCUT2D eigenvalue weighted by Gasteiger charge is -1.88. The maximum atomic E-state index is 3.64. The highest BCUT2D eigenvalue weighted by Gasteiger charge is 1.76. The zero-order valence-corrected chi connectivity index (χ0v) is 5.91. The molecule has 0 aliphatic heterocycles. The Kier molecular flexibility index (Phi) is 6.32. The van der Waals surface area contributed by atoms with Crippen molar-refractivity contribution in [2.45, 2.75) is 13.3 Å². The lowest BCUT2D eigenvalue weighted by Crippen LogP contribution is -1.70. The average molecular weight is 116 g/mol. The Bertz CT molecular complexity index is 41.4. The molecular formula is C6H13P. The maximum Gasteiger partial charge on any atom is -0.0316 e. The molecule has 0 amide bonds. The highest BCUT2D eigenvalue weighted by Crippen LogP contribution is 2.08. The molecule has 7 heavy (non-hydrogen) atoms. The molecular weight excluding hydrogens is 103 g/mol. The number of hydrogen-bond donors (Lipinski definition) is 0. The van der Waals surface area contributed by atoms with Crippen LogP contribution in [0.2, 0.25) is 0 Å². The van der Waals surface area contributed by atoms with Crippen LogP contribution in [0.15, 0.2) is 12.7 Å². The van der Waals surface area contributed by atoms with Gasteiger partial charge in [-0.1, -0.05) is 13.0 Å². The Morgan fingerprint density at radius 3 is 2.86 bits per heavy atom. The third-order valence-corrected chi connectivity index (χ3v) is 1.92. The number of rotatable bonds is 4. The van der Waals surface area contributed by atoms with Crippen molar-refractivity contribution >= 4 is 8.58 Å². The van der Waals surface area contributed by atoms with Gasteiger partial charge in [0.15, 0.2) is 0 Å². The Morgan fingerprint density at radius 2 is 2.43 bits per heavy atom. The number of hydrogen-bond acceptors (Lipinski definition) is 0. The van der Waals surface area contributed by atoms with Crippen LogP contribution < -0.4 is 0 Å². The summed E-state index contributed by atoms with van der Waals surface area (Å²) in [5, 5.41) is 0. The second kappa shape index (κ2) is 6.17. The first-order valence-corrected chi connectivity index (χ1v) is 4.14. The fourth-order valence-electron chi connectivity index (χ4n) is 0.381. The molecule has 1 heteroatoms. The van der Waals surface area contributed by atoms with Gasteiger partial charge in [0.05, 0.1) is 0 Å². The van der Waals surface area contributed by atoms with E-state index in [-0.39, 0.29) is 0 Å². The lowest BCUT2D eigenvalue weighted by atomic mass is 10.5. The van der Waals surface area contributed by atoms with Crippen molar-refractivity contribution in [3.63, 3.8) is 0 Å². The van der Waals surface area contributed by atoms with Gasteiger partial charge in [-0.2, -0.15) is 0 Å². The second-order valence-corrected chi connectivity index (χ2v) is 3.14. The summed E-state index contributed by atoms with van der Waals surface area (Å²) >= 11 is 0. The smallest absolute Gasteiger partial charge is 0.0316 e. The highest BCUT2D eigenvalue weighted by atomic mass is 31.1. The standard InChI is InChI=1S/C6H13P/c1-3-5-6-7-4-2/h3,7H,1,4-6H2,2H3. The minimum Gasteiger partial charge on any atom is -0.122 e. The quantitative estimate of drug-likeness (QED) is 0.300. The predicted octanol–water partition coefficient (Wildman–Crippen LogP) is 2.26. The summed E-state index contributed by atoms with van der Waals surface area (Å²) in [5.74, 6) is 0. The van der Waals surface area contributed by atoms with Crippen molar-refractivity contribution in [2.75, 3.05) is 12.3 Å². The van der Waals surface area contributed by atoms with Gasteiger partial charge in [0.2, 0.25) is 0 Å². The van der Waals surface area contributed by atoms with Crippen LogP contribution in [0.4, 0.5) is 0 Å². The molecule has 1 atom stereocenters. The summed E-state index contributed by atoms with van der Waals surface area (Å²) < 4.78 is 0. The van der Waals surface area contributed by atoms with Crippen LogP contribution in [0, 0.1) is 0 Å². The first-order chi connectivity index (χ1) is 3.41. The summed E-state index contributed by atoms with van der Waals surface area (Å²) in [6.45, 7) is 5.86. The van der Waals surface area contributed by atoms with E-state index in [0.29, 0.717) is 0 Å². The Morgan fingerprint density at radius 1 is 1.71 bits per heavy atom. The zero-order chi connectivity index (χ0) is 5.54. The van der Waals surface area contributed by atoms with Crippen molar-refractivity contribution in [3.05, 3.63) is 12.7 Å². The molecule has 0 nitrogen and oxygen atoms in total. The molecule has 0 saturated heterocycles. The van der Waals surface area contributed by atoms with Crippen molar-refractivity contribution in [2.24, 2.45) is 0 Å². The van der Waals surface area contributed by atoms with Crippen molar-refractivity contribution in [1.29, 1.82) is 0 Å². The molecule has 0 spiro atoms. The molecule has 0 N–H and O–H groups in total. The fourth-order valence-corrected chi connectivity index (χ4v) is 1.14. The van der Waals surface area contributed by atoms with E-state index in [0.717, 1.165) is 8.58 Å². The van der Waals surface area contributed by atoms with Crippen LogP contribution in [0.5, 0.6) is 0 Å². The minimum absolute atomic E-state index is 1.15. The monoisotopic (exact) mass is 116 g/mol. The molecule has 42 valence electrons. The van der Waals surface area contributed by atoms with Crippen LogP contribution in [0.25, 0.3) is 0 Å². The molecule has 0 heterocycles. The van der Waals surface area contributed by atoms with Gasteiger partial charge in [-0.15, -0.1) is 15.2 Å². The summed E-state index contributed by atoms with van der Waals surface area (Å²) in [6.07, 6.45) is 5.88. The lowest BCUT2D eigenvalue weighted by molar-refractivity contribution is 1.24. The van der Waals surface area contributed by atoms with Gasteiger partial charge >= 0.3 is 0 Å². The predicted molar refractivity (Wildman–Crippen MR) is 38.5 cm³/mol. The first kappa shape index (κ1) is 7.17. The molecule has 0 aliphatic rings. The van der Waals surface area contributed by atoms with E-state index < -0.39 is 0 Å². The van der Waals surface area contributed by atoms with E-state index in [2.05, 4.69) is 13.5 Å². The molecule has 0 rings (SSSR count). The summed E-state index contributed by atoms with van der Waals surface area (Å²) in [6, 6.07) is 0. The molecule has 0 bridgehead atoms. The van der Waals surface area contributed by atoms with Crippen molar-refractivity contribution in [3.8, 4) is 0 Å². The van der Waals surface area contributed by atoms with Crippen LogP contribution in [0.3, 0.4) is 0 Å². The Labute approximate surface area is 47.8 Å². The third kappa shape index (κ3) is 6.17. The average Bonchev–Trinajstić information content (AvgIpc) is 1.69. The highest BCUT2D eigenvalue weighted by molar-refractivity contribution is 7.37. The zero-order valence-electron chi connectivity index (χ0n) is 4.91. The topological polar surface area (TPSA) is 0 Å². The Balaban J connectivity index is 2.56. The van der Waals surface area contributed by atoms with Crippen LogP contribution in [-0.4, -0.2) is 12.3 Å². The van der Waals surface area contributed by atoms with E-state index in [1.54, 1.807) is 0 Å². The maximum absolute atomic E-state index is 3.64. The minimum atomic E-state index is 1.15. The molecule has 0 fully saturated rings. The van der Waals surface area contributed by atoms with Gasteiger partial charge in [-0.05, 0) is 18.7 Å². The van der Waals surface area contributed by atoms with Gasteiger partial charge < -0.3 is 0 Å². The van der Waals surface area contributed by atoms with E-state index in [1.165, 1.54) is 18.7 Å². The van der Waals surface area contributed by atoms with Gasteiger partial charge in [-0.25, -0.2) is 0 Å². The summed E-state index contributed by atoms with van der Waals surface area (Å²) in [5.41, 5.74) is 0. The van der Waals surface area contributed by atoms with Crippen LogP contribution in [-0.2, 0) is 0 Å². The number of allylic oxidation sites excluding steroid dienone is 1. The molecule has 0 aromatic rings. The fraction of sp³-hybridized carbons (Fsp3) is 0.667. The third-order valence-electron chi connectivity index (χ3n) is 0.775. The van der Waals surface area contributed by atoms with Gasteiger partial charge in [-0.3, -0.25) is 0 Å². The second-order valence-electron chi connectivity index (χ2n) is 1.43. The molecule has 0 saturated carbocycles. The van der Waals surface area contributed by atoms with Crippen molar-refractivity contribution < 1.29 is 0 Å². The van der Waals surface area contributed by atoms with Crippen molar-refractivity contribution in [1.82, 2.24) is 0 Å². The molecule has 1 unspecified atom stereocenters. The largest absolute Gasteiger partial charge is 0.122 e. The van der Waals surface area contributed by atoms with E-state index in [4.69, 9.17) is 0 Å². The van der Waals surface area contributed by atoms with E-state index >= 15 is 0 Å². The Hall–Kier alpha value is 0.170. The van der Waals surface area contributed by atoms with Crippen LogP contribution >= 0.6 is 8.58 Å². The SMILES string of the molecule is C=CCCPCC. The molecule has 0 aliphatic carbocycles.